The number of amides is 1. The van der Waals surface area contributed by atoms with Crippen molar-refractivity contribution < 1.29 is 19.1 Å². The van der Waals surface area contributed by atoms with E-state index in [9.17, 15) is 14.0 Å². The lowest BCUT2D eigenvalue weighted by Gasteiger charge is -2.03. The molecule has 0 bridgehead atoms. The number of carboxylic acid groups (broad SMARTS) is 1. The van der Waals surface area contributed by atoms with Crippen LogP contribution in [0.2, 0.25) is 5.02 Å². The van der Waals surface area contributed by atoms with E-state index < -0.39 is 24.2 Å². The van der Waals surface area contributed by atoms with Gasteiger partial charge in [0, 0.05) is 5.02 Å². The molecule has 0 fully saturated rings. The van der Waals surface area contributed by atoms with E-state index in [0.29, 0.717) is 0 Å². The highest BCUT2D eigenvalue weighted by Crippen LogP contribution is 2.14. The minimum absolute atomic E-state index is 0.205. The first-order valence-electron chi connectivity index (χ1n) is 3.95. The van der Waals surface area contributed by atoms with E-state index in [-0.39, 0.29) is 10.6 Å². The Kier molecular flexibility index (Phi) is 3.62. The minimum atomic E-state index is -1.20. The molecule has 1 amide bonds. The van der Waals surface area contributed by atoms with Crippen LogP contribution in [0.4, 0.5) is 4.39 Å². The summed E-state index contributed by atoms with van der Waals surface area (Å²) in [5, 5.41) is 10.5. The highest BCUT2D eigenvalue weighted by atomic mass is 35.5. The van der Waals surface area contributed by atoms with Gasteiger partial charge in [-0.2, -0.15) is 0 Å². The van der Waals surface area contributed by atoms with Crippen LogP contribution in [-0.2, 0) is 4.79 Å². The Morgan fingerprint density at radius 2 is 2.13 bits per heavy atom. The van der Waals surface area contributed by atoms with Gasteiger partial charge in [-0.25, -0.2) is 4.39 Å². The summed E-state index contributed by atoms with van der Waals surface area (Å²) in [4.78, 5) is 21.4. The van der Waals surface area contributed by atoms with Crippen molar-refractivity contribution in [3.63, 3.8) is 0 Å². The van der Waals surface area contributed by atoms with Crippen molar-refractivity contribution in [3.8, 4) is 0 Å². The van der Waals surface area contributed by atoms with Crippen LogP contribution in [0, 0.1) is 5.82 Å². The van der Waals surface area contributed by atoms with E-state index in [2.05, 4.69) is 0 Å². The molecule has 0 aromatic heterocycles. The van der Waals surface area contributed by atoms with E-state index in [1.165, 1.54) is 6.07 Å². The number of aliphatic carboxylic acids is 1. The van der Waals surface area contributed by atoms with Crippen LogP contribution in [0.15, 0.2) is 18.2 Å². The van der Waals surface area contributed by atoms with Gasteiger partial charge in [0.25, 0.3) is 5.91 Å². The summed E-state index contributed by atoms with van der Waals surface area (Å²) >= 11 is 5.56. The third-order valence-electron chi connectivity index (χ3n) is 1.57. The lowest BCUT2D eigenvalue weighted by molar-refractivity contribution is -0.135. The van der Waals surface area contributed by atoms with Crippen molar-refractivity contribution in [2.45, 2.75) is 0 Å². The number of nitrogens with one attached hydrogen (secondary N) is 1. The molecule has 2 N–H and O–H groups in total. The molecule has 0 saturated carbocycles. The quantitative estimate of drug-likeness (QED) is 0.824. The predicted molar refractivity (Wildman–Crippen MR) is 51.4 cm³/mol. The lowest BCUT2D eigenvalue weighted by atomic mass is 10.2. The third-order valence-corrected chi connectivity index (χ3v) is 1.81. The van der Waals surface area contributed by atoms with Crippen LogP contribution in [0.25, 0.3) is 0 Å². The Labute approximate surface area is 89.7 Å². The molecule has 1 aromatic carbocycles. The van der Waals surface area contributed by atoms with Gasteiger partial charge >= 0.3 is 5.97 Å². The number of halogens is 2. The molecule has 0 spiro atoms. The van der Waals surface area contributed by atoms with Crippen LogP contribution < -0.4 is 5.32 Å². The molecule has 1 rings (SSSR count). The molecule has 0 aliphatic carbocycles. The highest BCUT2D eigenvalue weighted by Gasteiger charge is 2.12. The molecule has 0 unspecified atom stereocenters. The summed E-state index contributed by atoms with van der Waals surface area (Å²) in [6.45, 7) is -0.565. The van der Waals surface area contributed by atoms with Gasteiger partial charge in [-0.1, -0.05) is 11.6 Å². The maximum atomic E-state index is 13.1. The van der Waals surface area contributed by atoms with Crippen LogP contribution in [0.3, 0.4) is 0 Å². The Hall–Kier alpha value is -1.62. The van der Waals surface area contributed by atoms with E-state index in [1.54, 1.807) is 0 Å². The number of carbonyl (C=O) groups excluding carboxylic acids is 1. The van der Waals surface area contributed by atoms with Gasteiger partial charge in [0.1, 0.15) is 12.4 Å². The number of benzene rings is 1. The second-order valence-corrected chi connectivity index (χ2v) is 3.14. The van der Waals surface area contributed by atoms with Crippen LogP contribution >= 0.6 is 11.6 Å². The van der Waals surface area contributed by atoms with Crippen molar-refractivity contribution >= 4 is 23.5 Å². The zero-order chi connectivity index (χ0) is 11.4. The normalized spacial score (nSPS) is 9.73. The summed E-state index contributed by atoms with van der Waals surface area (Å²) in [5.74, 6) is -2.76. The first kappa shape index (κ1) is 11.5. The molecule has 0 heterocycles. The molecule has 0 aliphatic heterocycles. The highest BCUT2D eigenvalue weighted by molar-refractivity contribution is 6.31. The van der Waals surface area contributed by atoms with Crippen LogP contribution in [0.1, 0.15) is 10.4 Å². The fourth-order valence-electron chi connectivity index (χ4n) is 0.923. The van der Waals surface area contributed by atoms with Crippen molar-refractivity contribution in [3.05, 3.63) is 34.6 Å². The lowest BCUT2D eigenvalue weighted by Crippen LogP contribution is -2.29. The molecule has 1 aromatic rings. The number of rotatable bonds is 3. The van der Waals surface area contributed by atoms with E-state index in [4.69, 9.17) is 16.7 Å². The Bertz CT molecular complexity index is 408. The average molecular weight is 232 g/mol. The smallest absolute Gasteiger partial charge is 0.322 e. The third kappa shape index (κ3) is 3.21. The molecule has 15 heavy (non-hydrogen) atoms. The number of hydrogen-bond donors (Lipinski definition) is 2. The molecule has 0 aliphatic rings. The molecular formula is C9H7ClFNO3. The Balaban J connectivity index is 2.81. The largest absolute Gasteiger partial charge is 0.480 e. The molecule has 0 atom stereocenters. The summed E-state index contributed by atoms with van der Waals surface area (Å²) in [6.07, 6.45) is 0. The predicted octanol–water partition coefficient (Wildman–Crippen LogP) is 1.29. The fourth-order valence-corrected chi connectivity index (χ4v) is 1.09. The van der Waals surface area contributed by atoms with Crippen molar-refractivity contribution in [2.75, 3.05) is 6.54 Å². The molecule has 0 radical (unpaired) electrons. The zero-order valence-corrected chi connectivity index (χ0v) is 8.21. The molecule has 6 heteroatoms. The molecule has 0 saturated heterocycles. The Morgan fingerprint density at radius 3 is 2.73 bits per heavy atom. The van der Waals surface area contributed by atoms with Gasteiger partial charge in [-0.15, -0.1) is 0 Å². The maximum absolute atomic E-state index is 13.1. The van der Waals surface area contributed by atoms with Gasteiger partial charge in [-0.05, 0) is 18.2 Å². The second-order valence-electron chi connectivity index (χ2n) is 2.70. The van der Waals surface area contributed by atoms with Crippen molar-refractivity contribution in [2.24, 2.45) is 0 Å². The number of hydrogen-bond acceptors (Lipinski definition) is 2. The summed E-state index contributed by atoms with van der Waals surface area (Å²) in [5.41, 5.74) is -0.274. The summed E-state index contributed by atoms with van der Waals surface area (Å²) in [7, 11) is 0. The van der Waals surface area contributed by atoms with Gasteiger partial charge < -0.3 is 10.4 Å². The average Bonchev–Trinajstić information content (AvgIpc) is 2.18. The van der Waals surface area contributed by atoms with Gasteiger partial charge in [0.05, 0.1) is 5.56 Å². The second kappa shape index (κ2) is 4.75. The zero-order valence-electron chi connectivity index (χ0n) is 7.46. The van der Waals surface area contributed by atoms with Crippen LogP contribution in [-0.4, -0.2) is 23.5 Å². The maximum Gasteiger partial charge on any atom is 0.322 e. The Morgan fingerprint density at radius 1 is 1.47 bits per heavy atom. The van der Waals surface area contributed by atoms with Gasteiger partial charge in [0.15, 0.2) is 0 Å². The van der Waals surface area contributed by atoms with E-state index in [0.717, 1.165) is 12.1 Å². The fraction of sp³-hybridized carbons (Fsp3) is 0.111. The minimum Gasteiger partial charge on any atom is -0.480 e. The topological polar surface area (TPSA) is 66.4 Å². The number of carbonyl (C=O) groups is 2. The van der Waals surface area contributed by atoms with E-state index in [1.807, 2.05) is 5.32 Å². The van der Waals surface area contributed by atoms with Gasteiger partial charge in [0.2, 0.25) is 0 Å². The summed E-state index contributed by atoms with van der Waals surface area (Å²) in [6, 6.07) is 3.47. The SMILES string of the molecule is O=C(O)CNC(=O)c1cc(Cl)ccc1F. The summed E-state index contributed by atoms with van der Waals surface area (Å²) < 4.78 is 13.1. The van der Waals surface area contributed by atoms with Crippen molar-refractivity contribution in [1.29, 1.82) is 0 Å². The first-order valence-corrected chi connectivity index (χ1v) is 4.33. The van der Waals surface area contributed by atoms with Gasteiger partial charge in [-0.3, -0.25) is 9.59 Å². The van der Waals surface area contributed by atoms with Crippen LogP contribution in [0.5, 0.6) is 0 Å². The monoisotopic (exact) mass is 231 g/mol. The first-order chi connectivity index (χ1) is 7.00. The number of carboxylic acids is 1. The molecule has 4 nitrogen and oxygen atoms in total. The standard InChI is InChI=1S/C9H7ClFNO3/c10-5-1-2-7(11)6(3-5)9(15)12-4-8(13)14/h1-3H,4H2,(H,12,15)(H,13,14). The van der Waals surface area contributed by atoms with E-state index >= 15 is 0 Å². The molecular weight excluding hydrogens is 225 g/mol. The molecule has 80 valence electrons. The van der Waals surface area contributed by atoms with Crippen molar-refractivity contribution in [1.82, 2.24) is 5.32 Å².